The van der Waals surface area contributed by atoms with Crippen LogP contribution in [0.25, 0.3) is 10.9 Å². The molecule has 5 heteroatoms. The van der Waals surface area contributed by atoms with E-state index in [4.69, 9.17) is 0 Å². The van der Waals surface area contributed by atoms with Crippen LogP contribution in [0.4, 0.5) is 18.9 Å². The first-order valence-corrected chi connectivity index (χ1v) is 5.20. The molecular formula is C12H13F3N2. The third-order valence-corrected chi connectivity index (χ3v) is 2.62. The van der Waals surface area contributed by atoms with Crippen molar-refractivity contribution >= 4 is 16.6 Å². The smallest absolute Gasteiger partial charge is 0.377 e. The zero-order valence-corrected chi connectivity index (χ0v) is 9.62. The summed E-state index contributed by atoms with van der Waals surface area (Å²) in [5.41, 5.74) is 1.52. The molecule has 2 rings (SSSR count). The van der Waals surface area contributed by atoms with Gasteiger partial charge >= 0.3 is 6.18 Å². The summed E-state index contributed by atoms with van der Waals surface area (Å²) in [5.74, 6) is 0. The highest BCUT2D eigenvalue weighted by Gasteiger charge is 2.28. The molecule has 0 aliphatic rings. The Morgan fingerprint density at radius 2 is 1.88 bits per heavy atom. The van der Waals surface area contributed by atoms with E-state index in [9.17, 15) is 13.2 Å². The van der Waals surface area contributed by atoms with Crippen LogP contribution in [0.15, 0.2) is 30.5 Å². The zero-order valence-electron chi connectivity index (χ0n) is 9.62. The van der Waals surface area contributed by atoms with E-state index in [1.807, 2.05) is 25.1 Å². The quantitative estimate of drug-likeness (QED) is 0.784. The summed E-state index contributed by atoms with van der Waals surface area (Å²) in [4.78, 5) is 1.89. The van der Waals surface area contributed by atoms with Gasteiger partial charge in [-0.15, -0.1) is 0 Å². The molecule has 0 saturated carbocycles. The van der Waals surface area contributed by atoms with Gasteiger partial charge in [0.2, 0.25) is 0 Å². The van der Waals surface area contributed by atoms with E-state index in [0.717, 1.165) is 11.1 Å². The Balaban J connectivity index is 2.51. The average Bonchev–Trinajstić information content (AvgIpc) is 2.59. The monoisotopic (exact) mass is 242 g/mol. The summed E-state index contributed by atoms with van der Waals surface area (Å²) >= 11 is 0. The van der Waals surface area contributed by atoms with Crippen molar-refractivity contribution in [3.05, 3.63) is 30.5 Å². The lowest BCUT2D eigenvalue weighted by molar-refractivity contribution is -0.139. The minimum absolute atomic E-state index is 0.605. The van der Waals surface area contributed by atoms with Gasteiger partial charge in [-0.25, -0.2) is 0 Å². The molecule has 1 aromatic carbocycles. The summed E-state index contributed by atoms with van der Waals surface area (Å²) in [6.45, 7) is -0.951. The lowest BCUT2D eigenvalue weighted by Gasteiger charge is -2.14. The van der Waals surface area contributed by atoms with Gasteiger partial charge in [0, 0.05) is 31.4 Å². The molecule has 0 N–H and O–H groups in total. The largest absolute Gasteiger partial charge is 0.406 e. The molecule has 0 amide bonds. The zero-order chi connectivity index (χ0) is 12.6. The molecule has 0 aliphatic heterocycles. The average molecular weight is 242 g/mol. The fourth-order valence-corrected chi connectivity index (χ4v) is 1.93. The highest BCUT2D eigenvalue weighted by Crippen LogP contribution is 2.28. The summed E-state index contributed by atoms with van der Waals surface area (Å²) in [5, 5.41) is 0.835. The number of benzene rings is 1. The third-order valence-electron chi connectivity index (χ3n) is 2.62. The third kappa shape index (κ3) is 2.38. The van der Waals surface area contributed by atoms with Gasteiger partial charge in [0.25, 0.3) is 0 Å². The molecule has 0 atom stereocenters. The first-order valence-electron chi connectivity index (χ1n) is 5.20. The first-order chi connectivity index (χ1) is 7.88. The maximum atomic E-state index is 12.4. The molecule has 0 bridgehead atoms. The number of nitrogens with zero attached hydrogens (tertiary/aromatic N) is 2. The van der Waals surface area contributed by atoms with Crippen molar-refractivity contribution in [3.8, 4) is 0 Å². The van der Waals surface area contributed by atoms with Crippen LogP contribution in [-0.4, -0.2) is 24.8 Å². The lowest BCUT2D eigenvalue weighted by Crippen LogP contribution is -2.16. The van der Waals surface area contributed by atoms with Gasteiger partial charge in [0.1, 0.15) is 6.54 Å². The molecule has 2 aromatic rings. The van der Waals surface area contributed by atoms with E-state index in [1.54, 1.807) is 18.2 Å². The molecule has 17 heavy (non-hydrogen) atoms. The van der Waals surface area contributed by atoms with Crippen molar-refractivity contribution in [2.45, 2.75) is 12.7 Å². The van der Waals surface area contributed by atoms with Gasteiger partial charge in [-0.05, 0) is 18.2 Å². The van der Waals surface area contributed by atoms with E-state index < -0.39 is 12.7 Å². The Morgan fingerprint density at radius 3 is 2.47 bits per heavy atom. The minimum atomic E-state index is -4.19. The van der Waals surface area contributed by atoms with Crippen LogP contribution < -0.4 is 4.90 Å². The Hall–Kier alpha value is -1.65. The minimum Gasteiger partial charge on any atom is -0.377 e. The number of aromatic nitrogens is 1. The van der Waals surface area contributed by atoms with Crippen LogP contribution in [0.5, 0.6) is 0 Å². The van der Waals surface area contributed by atoms with Crippen molar-refractivity contribution in [2.24, 2.45) is 0 Å². The van der Waals surface area contributed by atoms with Gasteiger partial charge in [-0.3, -0.25) is 0 Å². The van der Waals surface area contributed by atoms with E-state index >= 15 is 0 Å². The number of anilines is 1. The molecule has 92 valence electrons. The summed E-state index contributed by atoms with van der Waals surface area (Å²) in [6.07, 6.45) is -2.72. The summed E-state index contributed by atoms with van der Waals surface area (Å²) in [7, 11) is 3.74. The number of hydrogen-bond donors (Lipinski definition) is 0. The fourth-order valence-electron chi connectivity index (χ4n) is 1.93. The van der Waals surface area contributed by atoms with Gasteiger partial charge < -0.3 is 9.47 Å². The summed E-state index contributed by atoms with van der Waals surface area (Å²) in [6, 6.07) is 7.08. The number of halogens is 3. The second-order valence-corrected chi connectivity index (χ2v) is 4.16. The number of fused-ring (bicyclic) bond motifs is 1. The number of alkyl halides is 3. The number of rotatable bonds is 2. The molecule has 0 unspecified atom stereocenters. The van der Waals surface area contributed by atoms with Crippen LogP contribution in [-0.2, 0) is 6.54 Å². The van der Waals surface area contributed by atoms with E-state index in [0.29, 0.717) is 5.52 Å². The Labute approximate surface area is 97.2 Å². The predicted octanol–water partition coefficient (Wildman–Crippen LogP) is 3.27. The van der Waals surface area contributed by atoms with Crippen LogP contribution in [0.3, 0.4) is 0 Å². The second kappa shape index (κ2) is 3.98. The van der Waals surface area contributed by atoms with Crippen molar-refractivity contribution in [1.29, 1.82) is 0 Å². The van der Waals surface area contributed by atoms with E-state index in [-0.39, 0.29) is 0 Å². The Morgan fingerprint density at radius 1 is 1.18 bits per heavy atom. The molecule has 0 fully saturated rings. The Kier molecular flexibility index (Phi) is 2.77. The highest BCUT2D eigenvalue weighted by atomic mass is 19.4. The molecule has 0 saturated heterocycles. The molecule has 0 radical (unpaired) electrons. The first kappa shape index (κ1) is 11.8. The van der Waals surface area contributed by atoms with Gasteiger partial charge in [-0.2, -0.15) is 13.2 Å². The van der Waals surface area contributed by atoms with Crippen molar-refractivity contribution in [2.75, 3.05) is 19.0 Å². The van der Waals surface area contributed by atoms with Gasteiger partial charge in [0.15, 0.2) is 0 Å². The SMILES string of the molecule is CN(C)c1cccc2c1ccn2CC(F)(F)F. The lowest BCUT2D eigenvalue weighted by atomic mass is 10.2. The van der Waals surface area contributed by atoms with Gasteiger partial charge in [0.05, 0.1) is 5.52 Å². The normalized spacial score (nSPS) is 12.1. The predicted molar refractivity (Wildman–Crippen MR) is 62.3 cm³/mol. The van der Waals surface area contributed by atoms with Crippen LogP contribution in [0, 0.1) is 0 Å². The van der Waals surface area contributed by atoms with Crippen LogP contribution in [0.1, 0.15) is 0 Å². The fraction of sp³-hybridized carbons (Fsp3) is 0.333. The maximum Gasteiger partial charge on any atom is 0.406 e. The number of hydrogen-bond acceptors (Lipinski definition) is 1. The van der Waals surface area contributed by atoms with Gasteiger partial charge in [-0.1, -0.05) is 6.07 Å². The Bertz CT molecular complexity index is 526. The van der Waals surface area contributed by atoms with Crippen LogP contribution in [0.2, 0.25) is 0 Å². The maximum absolute atomic E-state index is 12.4. The molecule has 0 spiro atoms. The molecule has 1 heterocycles. The standard InChI is InChI=1S/C12H13F3N2/c1-16(2)10-4-3-5-11-9(10)6-7-17(11)8-12(13,14)15/h3-7H,8H2,1-2H3. The topological polar surface area (TPSA) is 8.17 Å². The van der Waals surface area contributed by atoms with Crippen molar-refractivity contribution in [1.82, 2.24) is 4.57 Å². The summed E-state index contributed by atoms with van der Waals surface area (Å²) < 4.78 is 38.3. The molecule has 1 aromatic heterocycles. The molecule has 2 nitrogen and oxygen atoms in total. The molecular weight excluding hydrogens is 229 g/mol. The molecule has 0 aliphatic carbocycles. The second-order valence-electron chi connectivity index (χ2n) is 4.16. The van der Waals surface area contributed by atoms with Crippen molar-refractivity contribution in [3.63, 3.8) is 0 Å². The highest BCUT2D eigenvalue weighted by molar-refractivity contribution is 5.92. The van der Waals surface area contributed by atoms with Crippen LogP contribution >= 0.6 is 0 Å². The van der Waals surface area contributed by atoms with E-state index in [2.05, 4.69) is 0 Å². The van der Waals surface area contributed by atoms with Crippen molar-refractivity contribution < 1.29 is 13.2 Å². The van der Waals surface area contributed by atoms with E-state index in [1.165, 1.54) is 10.8 Å².